The minimum absolute atomic E-state index is 0.109. The van der Waals surface area contributed by atoms with Crippen molar-refractivity contribution in [2.45, 2.75) is 30.1 Å². The minimum Gasteiger partial charge on any atom is -0.388 e. The Morgan fingerprint density at radius 1 is 1.03 bits per heavy atom. The van der Waals surface area contributed by atoms with Crippen LogP contribution in [0, 0.1) is 0 Å². The molecule has 2 aromatic carbocycles. The van der Waals surface area contributed by atoms with Gasteiger partial charge >= 0.3 is 0 Å². The van der Waals surface area contributed by atoms with E-state index >= 15 is 0 Å². The van der Waals surface area contributed by atoms with Crippen LogP contribution in [0.1, 0.15) is 29.9 Å². The highest BCUT2D eigenvalue weighted by Gasteiger charge is 2.22. The second-order valence-corrected chi connectivity index (χ2v) is 9.15. The number of benzene rings is 2. The number of hydrogen-bond donors (Lipinski definition) is 2. The van der Waals surface area contributed by atoms with Gasteiger partial charge in [0.2, 0.25) is 10.0 Å². The second kappa shape index (κ2) is 8.80. The Morgan fingerprint density at radius 3 is 2.28 bits per heavy atom. The summed E-state index contributed by atoms with van der Waals surface area (Å²) in [4.78, 5) is 14.4. The van der Waals surface area contributed by atoms with Crippen LogP contribution in [0.5, 0.6) is 0 Å². The molecule has 29 heavy (non-hydrogen) atoms. The van der Waals surface area contributed by atoms with E-state index in [0.29, 0.717) is 13.0 Å². The Balaban J connectivity index is 1.57. The molecule has 0 unspecified atom stereocenters. The van der Waals surface area contributed by atoms with Crippen molar-refractivity contribution in [2.24, 2.45) is 5.14 Å². The average molecular weight is 414 g/mol. The van der Waals surface area contributed by atoms with Gasteiger partial charge in [0.05, 0.1) is 4.90 Å². The van der Waals surface area contributed by atoms with Gasteiger partial charge in [-0.1, -0.05) is 24.3 Å². The van der Waals surface area contributed by atoms with Crippen molar-refractivity contribution in [1.82, 2.24) is 5.32 Å². The number of nitrogens with one attached hydrogen (secondary N) is 1. The summed E-state index contributed by atoms with van der Waals surface area (Å²) in [5.41, 5.74) is 4.26. The summed E-state index contributed by atoms with van der Waals surface area (Å²) < 4.78 is 22.6. The van der Waals surface area contributed by atoms with Gasteiger partial charge in [0.1, 0.15) is 0 Å². The summed E-state index contributed by atoms with van der Waals surface area (Å²) in [6.07, 6.45) is 3.76. The van der Waals surface area contributed by atoms with Crippen LogP contribution in [-0.4, -0.2) is 34.8 Å². The van der Waals surface area contributed by atoms with Crippen molar-refractivity contribution in [3.05, 3.63) is 71.4 Å². The number of rotatable bonds is 7. The van der Waals surface area contributed by atoms with E-state index in [0.717, 1.165) is 29.8 Å². The van der Waals surface area contributed by atoms with Crippen LogP contribution in [-0.2, 0) is 21.2 Å². The lowest BCUT2D eigenvalue weighted by Crippen LogP contribution is -2.24. The fourth-order valence-electron chi connectivity index (χ4n) is 3.51. The number of sulfonamides is 1. The van der Waals surface area contributed by atoms with E-state index in [1.165, 1.54) is 17.7 Å². The number of carbonyl (C=O) groups excluding carboxylic acids is 1. The topological polar surface area (TPSA) is 92.5 Å². The molecule has 0 saturated carbocycles. The predicted octanol–water partition coefficient (Wildman–Crippen LogP) is 2.56. The van der Waals surface area contributed by atoms with Crippen molar-refractivity contribution in [3.63, 3.8) is 0 Å². The number of primary sulfonamides is 1. The first-order valence-corrected chi connectivity index (χ1v) is 11.1. The van der Waals surface area contributed by atoms with Crippen molar-refractivity contribution >= 4 is 21.5 Å². The molecule has 0 spiro atoms. The summed E-state index contributed by atoms with van der Waals surface area (Å²) in [7, 11) is 0.344. The van der Waals surface area contributed by atoms with Crippen LogP contribution in [0.2, 0.25) is 0 Å². The van der Waals surface area contributed by atoms with Gasteiger partial charge in [-0.15, -0.1) is 0 Å². The fourth-order valence-corrected chi connectivity index (χ4v) is 4.02. The zero-order chi connectivity index (χ0) is 21.0. The molecule has 3 N–H and O–H groups in total. The minimum atomic E-state index is -3.67. The van der Waals surface area contributed by atoms with E-state index < -0.39 is 10.0 Å². The first-order chi connectivity index (χ1) is 13.7. The highest BCUT2D eigenvalue weighted by molar-refractivity contribution is 7.89. The van der Waals surface area contributed by atoms with Crippen LogP contribution in [0.4, 0.5) is 5.69 Å². The Hall–Kier alpha value is -2.64. The molecule has 1 atom stereocenters. The largest absolute Gasteiger partial charge is 0.388 e. The molecule has 0 saturated heterocycles. The number of nitrogens with two attached hydrogens (primary N) is 1. The fraction of sp³-hybridized carbons (Fsp3) is 0.318. The summed E-state index contributed by atoms with van der Waals surface area (Å²) in [6.45, 7) is 0.667. The van der Waals surface area contributed by atoms with Gasteiger partial charge < -0.3 is 10.2 Å². The second-order valence-electron chi connectivity index (χ2n) is 7.59. The number of ketones is 1. The molecule has 3 rings (SSSR count). The van der Waals surface area contributed by atoms with Gasteiger partial charge in [-0.05, 0) is 54.2 Å². The molecule has 0 fully saturated rings. The number of nitrogens with zero attached hydrogens (tertiary/aromatic N) is 1. The van der Waals surface area contributed by atoms with Crippen LogP contribution in [0.3, 0.4) is 0 Å². The normalized spacial score (nSPS) is 17.0. The Labute approximate surface area is 172 Å². The van der Waals surface area contributed by atoms with Crippen molar-refractivity contribution in [1.29, 1.82) is 0 Å². The molecule has 1 aliphatic rings. The summed E-state index contributed by atoms with van der Waals surface area (Å²) in [6, 6.07) is 14.9. The Bertz CT molecular complexity index is 995. The number of hydrogen-bond acceptors (Lipinski definition) is 5. The van der Waals surface area contributed by atoms with Crippen molar-refractivity contribution in [2.75, 3.05) is 25.5 Å². The molecule has 0 radical (unpaired) electrons. The van der Waals surface area contributed by atoms with Gasteiger partial charge in [-0.25, -0.2) is 13.6 Å². The monoisotopic (exact) mass is 413 g/mol. The van der Waals surface area contributed by atoms with Crippen LogP contribution in [0.15, 0.2) is 65.2 Å². The number of carbonyl (C=O) groups is 1. The predicted molar refractivity (Wildman–Crippen MR) is 115 cm³/mol. The summed E-state index contributed by atoms with van der Waals surface area (Å²) in [5.74, 6) is 0.318. The van der Waals surface area contributed by atoms with E-state index in [9.17, 15) is 13.2 Å². The molecule has 0 bridgehead atoms. The van der Waals surface area contributed by atoms with Gasteiger partial charge in [0, 0.05) is 44.5 Å². The highest BCUT2D eigenvalue weighted by atomic mass is 32.2. The quantitative estimate of drug-likeness (QED) is 0.728. The molecule has 154 valence electrons. The van der Waals surface area contributed by atoms with Gasteiger partial charge in [0.25, 0.3) is 0 Å². The van der Waals surface area contributed by atoms with E-state index in [1.54, 1.807) is 18.2 Å². The zero-order valence-electron chi connectivity index (χ0n) is 16.8. The van der Waals surface area contributed by atoms with E-state index in [4.69, 9.17) is 5.14 Å². The van der Waals surface area contributed by atoms with Crippen molar-refractivity contribution < 1.29 is 13.2 Å². The van der Waals surface area contributed by atoms with E-state index in [2.05, 4.69) is 34.5 Å². The third-order valence-electron chi connectivity index (χ3n) is 5.15. The number of anilines is 1. The maximum atomic E-state index is 12.2. The maximum Gasteiger partial charge on any atom is 0.238 e. The molecular weight excluding hydrogens is 386 g/mol. The Kier molecular flexibility index (Phi) is 6.39. The molecule has 0 heterocycles. The standard InChI is InChI=1S/C22H27N3O3S/c1-25(2)20-7-5-17(6-8-20)18-13-19(15-21(26)14-18)24-12-11-16-3-9-22(10-4-16)29(23,27)28/h3-10,15,18,24H,11-14H2,1-2H3,(H2,23,27,28)/t18-/m0/s1. The first kappa shape index (κ1) is 21.1. The SMILES string of the molecule is CN(C)c1ccc([C@@H]2CC(=O)C=C(NCCc3ccc(S(N)(=O)=O)cc3)C2)cc1. The number of allylic oxidation sites excluding steroid dienone is 2. The zero-order valence-corrected chi connectivity index (χ0v) is 17.6. The molecule has 2 aromatic rings. The molecule has 1 aliphatic carbocycles. The molecule has 0 aromatic heterocycles. The Morgan fingerprint density at radius 2 is 1.69 bits per heavy atom. The summed E-state index contributed by atoms with van der Waals surface area (Å²) in [5, 5.41) is 8.48. The average Bonchev–Trinajstić information content (AvgIpc) is 2.67. The lowest BCUT2D eigenvalue weighted by molar-refractivity contribution is -0.115. The smallest absolute Gasteiger partial charge is 0.238 e. The van der Waals surface area contributed by atoms with Crippen LogP contribution >= 0.6 is 0 Å². The van der Waals surface area contributed by atoms with Gasteiger partial charge in [-0.2, -0.15) is 0 Å². The van der Waals surface area contributed by atoms with Crippen molar-refractivity contribution in [3.8, 4) is 0 Å². The van der Waals surface area contributed by atoms with Gasteiger partial charge in [-0.3, -0.25) is 4.79 Å². The third-order valence-corrected chi connectivity index (χ3v) is 6.08. The van der Waals surface area contributed by atoms with E-state index in [1.807, 2.05) is 14.1 Å². The molecule has 0 amide bonds. The molecule has 6 nitrogen and oxygen atoms in total. The molecule has 0 aliphatic heterocycles. The van der Waals surface area contributed by atoms with Gasteiger partial charge in [0.15, 0.2) is 5.78 Å². The molecule has 7 heteroatoms. The lowest BCUT2D eigenvalue weighted by atomic mass is 9.85. The van der Waals surface area contributed by atoms with Crippen LogP contribution < -0.4 is 15.4 Å². The first-order valence-electron chi connectivity index (χ1n) is 9.58. The van der Waals surface area contributed by atoms with Crippen LogP contribution in [0.25, 0.3) is 0 Å². The lowest BCUT2D eigenvalue weighted by Gasteiger charge is -2.24. The maximum absolute atomic E-state index is 12.2. The molecular formula is C22H27N3O3S. The third kappa shape index (κ3) is 5.68. The van der Waals surface area contributed by atoms with E-state index in [-0.39, 0.29) is 16.6 Å². The highest BCUT2D eigenvalue weighted by Crippen LogP contribution is 2.31. The summed E-state index contributed by atoms with van der Waals surface area (Å²) >= 11 is 0.